The predicted molar refractivity (Wildman–Crippen MR) is 123 cm³/mol. The van der Waals surface area contributed by atoms with Crippen molar-refractivity contribution in [3.05, 3.63) is 89.2 Å². The van der Waals surface area contributed by atoms with E-state index in [4.69, 9.17) is 0 Å². The van der Waals surface area contributed by atoms with Crippen molar-refractivity contribution in [2.24, 2.45) is 7.05 Å². The lowest BCUT2D eigenvalue weighted by molar-refractivity contribution is -0.118. The van der Waals surface area contributed by atoms with Crippen molar-refractivity contribution in [3.63, 3.8) is 0 Å². The number of nitrogens with zero attached hydrogens (tertiary/aromatic N) is 4. The van der Waals surface area contributed by atoms with E-state index in [9.17, 15) is 9.59 Å². The molecule has 0 unspecified atom stereocenters. The summed E-state index contributed by atoms with van der Waals surface area (Å²) in [5.74, 6) is -0.892. The van der Waals surface area contributed by atoms with E-state index in [0.29, 0.717) is 22.9 Å². The highest BCUT2D eigenvalue weighted by Gasteiger charge is 2.36. The summed E-state index contributed by atoms with van der Waals surface area (Å²) in [5, 5.41) is 9.71. The van der Waals surface area contributed by atoms with E-state index in [2.05, 4.69) is 15.4 Å². The standard InChI is InChI=1S/C24H21N5O2S/c1-28-13-17-14-29(15-20(21(17)27-28)22(30)26-24-25-11-12-32-24)23(31)19-10-6-5-9-18(19)16-7-3-2-4-8-16/h2-13,20H,14-15H2,1H3,(H,25,26,30)/t20-/m0/s1. The van der Waals surface area contributed by atoms with Crippen LogP contribution in [0.15, 0.2) is 72.4 Å². The number of fused-ring (bicyclic) bond motifs is 1. The molecule has 1 aliphatic rings. The summed E-state index contributed by atoms with van der Waals surface area (Å²) in [5.41, 5.74) is 4.06. The molecule has 0 spiro atoms. The highest BCUT2D eigenvalue weighted by Crippen LogP contribution is 2.31. The van der Waals surface area contributed by atoms with Gasteiger partial charge in [-0.05, 0) is 17.2 Å². The number of carbonyl (C=O) groups is 2. The van der Waals surface area contributed by atoms with Crippen LogP contribution >= 0.6 is 11.3 Å². The predicted octanol–water partition coefficient (Wildman–Crippen LogP) is 3.92. The molecule has 1 N–H and O–H groups in total. The Labute approximate surface area is 189 Å². The zero-order valence-corrected chi connectivity index (χ0v) is 18.2. The van der Waals surface area contributed by atoms with Crippen LogP contribution in [-0.2, 0) is 18.4 Å². The molecule has 160 valence electrons. The Hall–Kier alpha value is -3.78. The molecule has 2 aromatic heterocycles. The molecule has 1 atom stereocenters. The maximum Gasteiger partial charge on any atom is 0.254 e. The molecule has 0 bridgehead atoms. The molecule has 32 heavy (non-hydrogen) atoms. The van der Waals surface area contributed by atoms with Crippen LogP contribution in [0.4, 0.5) is 5.13 Å². The highest BCUT2D eigenvalue weighted by atomic mass is 32.1. The van der Waals surface area contributed by atoms with Gasteiger partial charge in [-0.15, -0.1) is 11.3 Å². The molecule has 8 heteroatoms. The van der Waals surface area contributed by atoms with Crippen molar-refractivity contribution in [3.8, 4) is 11.1 Å². The molecule has 1 aliphatic heterocycles. The van der Waals surface area contributed by atoms with E-state index in [1.165, 1.54) is 11.3 Å². The smallest absolute Gasteiger partial charge is 0.254 e. The normalized spacial score (nSPS) is 15.3. The first-order chi connectivity index (χ1) is 15.6. The van der Waals surface area contributed by atoms with Gasteiger partial charge in [0.05, 0.1) is 5.69 Å². The number of hydrogen-bond donors (Lipinski definition) is 1. The van der Waals surface area contributed by atoms with Gasteiger partial charge in [0.25, 0.3) is 5.91 Å². The second-order valence-electron chi connectivity index (χ2n) is 7.69. The molecular weight excluding hydrogens is 422 g/mol. The molecule has 7 nitrogen and oxygen atoms in total. The largest absolute Gasteiger partial charge is 0.333 e. The van der Waals surface area contributed by atoms with E-state index in [1.807, 2.05) is 67.8 Å². The number of aromatic nitrogens is 3. The van der Waals surface area contributed by atoms with Crippen molar-refractivity contribution < 1.29 is 9.59 Å². The van der Waals surface area contributed by atoms with Gasteiger partial charge in [0.1, 0.15) is 5.92 Å². The summed E-state index contributed by atoms with van der Waals surface area (Å²) in [6.07, 6.45) is 3.52. The molecule has 0 radical (unpaired) electrons. The molecule has 0 fully saturated rings. The molecule has 0 aliphatic carbocycles. The van der Waals surface area contributed by atoms with Crippen LogP contribution in [0.25, 0.3) is 11.1 Å². The summed E-state index contributed by atoms with van der Waals surface area (Å²) in [7, 11) is 1.82. The van der Waals surface area contributed by atoms with Crippen molar-refractivity contribution >= 4 is 28.3 Å². The average Bonchev–Trinajstić information content (AvgIpc) is 3.47. The highest BCUT2D eigenvalue weighted by molar-refractivity contribution is 7.13. The summed E-state index contributed by atoms with van der Waals surface area (Å²) in [4.78, 5) is 32.6. The van der Waals surface area contributed by atoms with E-state index in [0.717, 1.165) is 16.7 Å². The van der Waals surface area contributed by atoms with Gasteiger partial charge in [0.15, 0.2) is 5.13 Å². The number of aryl methyl sites for hydroxylation is 1. The molecule has 4 aromatic rings. The summed E-state index contributed by atoms with van der Waals surface area (Å²) >= 11 is 1.36. The number of anilines is 1. The van der Waals surface area contributed by atoms with Crippen LogP contribution in [0.3, 0.4) is 0 Å². The van der Waals surface area contributed by atoms with Crippen LogP contribution in [0.5, 0.6) is 0 Å². The first kappa shape index (κ1) is 20.1. The van der Waals surface area contributed by atoms with Gasteiger partial charge in [0.2, 0.25) is 5.91 Å². The minimum absolute atomic E-state index is 0.106. The number of nitrogens with one attached hydrogen (secondary N) is 1. The van der Waals surface area contributed by atoms with Gasteiger partial charge < -0.3 is 10.2 Å². The topological polar surface area (TPSA) is 80.1 Å². The van der Waals surface area contributed by atoms with Gasteiger partial charge in [-0.1, -0.05) is 48.5 Å². The summed E-state index contributed by atoms with van der Waals surface area (Å²) in [6, 6.07) is 17.4. The van der Waals surface area contributed by atoms with Crippen molar-refractivity contribution in [2.45, 2.75) is 12.5 Å². The lowest BCUT2D eigenvalue weighted by Crippen LogP contribution is -2.42. The van der Waals surface area contributed by atoms with Crippen LogP contribution < -0.4 is 5.32 Å². The minimum Gasteiger partial charge on any atom is -0.333 e. The fourth-order valence-corrected chi connectivity index (χ4v) is 4.63. The third-order valence-electron chi connectivity index (χ3n) is 5.54. The Morgan fingerprint density at radius 3 is 2.66 bits per heavy atom. The third-order valence-corrected chi connectivity index (χ3v) is 6.23. The van der Waals surface area contributed by atoms with E-state index in [1.54, 1.807) is 21.2 Å². The van der Waals surface area contributed by atoms with Gasteiger partial charge in [0, 0.05) is 49.0 Å². The molecule has 0 saturated carbocycles. The second-order valence-corrected chi connectivity index (χ2v) is 8.58. The number of hydrogen-bond acceptors (Lipinski definition) is 5. The van der Waals surface area contributed by atoms with Crippen LogP contribution in [0.1, 0.15) is 27.5 Å². The number of thiazole rings is 1. The Kier molecular flexibility index (Phi) is 5.28. The lowest BCUT2D eigenvalue weighted by atomic mass is 9.93. The van der Waals surface area contributed by atoms with Crippen LogP contribution in [0, 0.1) is 0 Å². The molecule has 0 saturated heterocycles. The van der Waals surface area contributed by atoms with E-state index in [-0.39, 0.29) is 18.4 Å². The molecule has 2 aromatic carbocycles. The third kappa shape index (κ3) is 3.80. The monoisotopic (exact) mass is 443 g/mol. The summed E-state index contributed by atoms with van der Waals surface area (Å²) < 4.78 is 1.69. The first-order valence-corrected chi connectivity index (χ1v) is 11.1. The Morgan fingerprint density at radius 2 is 1.88 bits per heavy atom. The molecule has 5 rings (SSSR count). The van der Waals surface area contributed by atoms with Crippen LogP contribution in [-0.4, -0.2) is 38.0 Å². The van der Waals surface area contributed by atoms with E-state index >= 15 is 0 Å². The minimum atomic E-state index is -0.573. The zero-order valence-electron chi connectivity index (χ0n) is 17.4. The van der Waals surface area contributed by atoms with Gasteiger partial charge in [-0.3, -0.25) is 14.3 Å². The lowest BCUT2D eigenvalue weighted by Gasteiger charge is -2.31. The van der Waals surface area contributed by atoms with Crippen molar-refractivity contribution in [1.29, 1.82) is 0 Å². The Balaban J connectivity index is 1.47. The maximum atomic E-state index is 13.7. The molecular formula is C24H21N5O2S. The SMILES string of the molecule is Cn1cc2c(n1)[C@@H](C(=O)Nc1nccs1)CN(C(=O)c1ccccc1-c1ccccc1)C2. The van der Waals surface area contributed by atoms with Gasteiger partial charge in [-0.2, -0.15) is 5.10 Å². The fourth-order valence-electron chi connectivity index (χ4n) is 4.10. The first-order valence-electron chi connectivity index (χ1n) is 10.3. The molecule has 3 heterocycles. The van der Waals surface area contributed by atoms with Crippen molar-refractivity contribution in [1.82, 2.24) is 19.7 Å². The summed E-state index contributed by atoms with van der Waals surface area (Å²) in [6.45, 7) is 0.662. The Morgan fingerprint density at radius 1 is 1.09 bits per heavy atom. The quantitative estimate of drug-likeness (QED) is 0.518. The van der Waals surface area contributed by atoms with Crippen LogP contribution in [0.2, 0.25) is 0 Å². The van der Waals surface area contributed by atoms with Crippen molar-refractivity contribution in [2.75, 3.05) is 11.9 Å². The second kappa shape index (κ2) is 8.39. The zero-order chi connectivity index (χ0) is 22.1. The maximum absolute atomic E-state index is 13.7. The molecule has 2 amide bonds. The van der Waals surface area contributed by atoms with E-state index < -0.39 is 5.92 Å². The fraction of sp³-hybridized carbons (Fsp3) is 0.167. The van der Waals surface area contributed by atoms with Gasteiger partial charge >= 0.3 is 0 Å². The number of benzene rings is 2. The Bertz CT molecular complexity index is 1270. The number of amides is 2. The number of rotatable bonds is 4. The number of carbonyl (C=O) groups excluding carboxylic acids is 2. The average molecular weight is 444 g/mol. The van der Waals surface area contributed by atoms with Gasteiger partial charge in [-0.25, -0.2) is 4.98 Å².